The van der Waals surface area contributed by atoms with Gasteiger partial charge in [0.2, 0.25) is 0 Å². The average Bonchev–Trinajstić information content (AvgIpc) is 3.42. The number of thioether (sulfide) groups is 1. The molecule has 0 radical (unpaired) electrons. The maximum absolute atomic E-state index is 11.3. The molecule has 1 aliphatic heterocycles. The molecule has 0 fully saturated rings. The Labute approximate surface area is 247 Å². The minimum absolute atomic E-state index is 0.00592. The Kier molecular flexibility index (Phi) is 19.5. The largest absolute Gasteiger partial charge is 0.365 e. The molecule has 0 bridgehead atoms. The summed E-state index contributed by atoms with van der Waals surface area (Å²) in [5, 5.41) is 29.1. The summed E-state index contributed by atoms with van der Waals surface area (Å²) in [4.78, 5) is 26.9. The first-order valence-electron chi connectivity index (χ1n) is 13.5. The van der Waals surface area contributed by atoms with Crippen LogP contribution in [0.4, 0.5) is 0 Å². The van der Waals surface area contributed by atoms with E-state index in [2.05, 4.69) is 40.1 Å². The predicted octanol–water partition coefficient (Wildman–Crippen LogP) is 5.44. The van der Waals surface area contributed by atoms with Crippen LogP contribution >= 0.6 is 23.1 Å². The Hall–Kier alpha value is -2.85. The van der Waals surface area contributed by atoms with E-state index in [1.54, 1.807) is 17.8 Å². The van der Waals surface area contributed by atoms with Crippen molar-refractivity contribution < 1.29 is 9.59 Å². The van der Waals surface area contributed by atoms with E-state index in [1.165, 1.54) is 16.2 Å². The molecule has 0 aromatic carbocycles. The number of thiophene rings is 1. The highest BCUT2D eigenvalue weighted by Crippen LogP contribution is 2.45. The zero-order valence-corrected chi connectivity index (χ0v) is 26.3. The lowest BCUT2D eigenvalue weighted by molar-refractivity contribution is -0.107. The van der Waals surface area contributed by atoms with E-state index in [9.17, 15) is 9.59 Å². The number of nitrogens with one attached hydrogen (secondary N) is 2. The van der Waals surface area contributed by atoms with Gasteiger partial charge in [-0.1, -0.05) is 32.1 Å². The van der Waals surface area contributed by atoms with E-state index in [0.29, 0.717) is 24.3 Å². The molecule has 2 heterocycles. The topological polar surface area (TPSA) is 174 Å². The lowest BCUT2D eigenvalue weighted by atomic mass is 9.73. The number of primary amides is 1. The number of hydrogen-bond acceptors (Lipinski definition) is 9. The molecule has 1 amide bonds. The van der Waals surface area contributed by atoms with Gasteiger partial charge < -0.3 is 21.7 Å². The third-order valence-corrected chi connectivity index (χ3v) is 8.25. The molecule has 2 rings (SSSR count). The van der Waals surface area contributed by atoms with Gasteiger partial charge in [-0.2, -0.15) is 5.26 Å². The summed E-state index contributed by atoms with van der Waals surface area (Å²) >= 11 is 3.06. The zero-order valence-electron chi connectivity index (χ0n) is 24.7. The van der Waals surface area contributed by atoms with E-state index in [4.69, 9.17) is 22.2 Å². The van der Waals surface area contributed by atoms with E-state index in [0.717, 1.165) is 42.5 Å². The van der Waals surface area contributed by atoms with Crippen LogP contribution in [0, 0.1) is 22.2 Å². The van der Waals surface area contributed by atoms with Crippen LogP contribution in [0.25, 0.3) is 0 Å². The fraction of sp³-hybridized carbons (Fsp3) is 0.571. The maximum Gasteiger partial charge on any atom is 0.258 e. The van der Waals surface area contributed by atoms with Crippen molar-refractivity contribution in [1.29, 1.82) is 10.7 Å². The van der Waals surface area contributed by atoms with Crippen LogP contribution in [0.2, 0.25) is 0 Å². The number of nitriles is 1. The highest BCUT2D eigenvalue weighted by atomic mass is 32.2. The van der Waals surface area contributed by atoms with Crippen molar-refractivity contribution in [2.24, 2.45) is 27.3 Å². The Morgan fingerprint density at radius 1 is 1.38 bits per heavy atom. The van der Waals surface area contributed by atoms with E-state index in [1.807, 2.05) is 45.7 Å². The number of amidine groups is 1. The molecule has 0 spiro atoms. The standard InChI is InChI=1S/C20H28N6O2S2.C6H12N2.C2H6/c1-13(24-9-10-27)12-20(2,19(22)25-26-23)15-4-3-11-29-16(15)7-5-14-6-8-17(30-14)18(21)28;1-3-5-8(2)6-4-7;1-2/h3,6,8,10-11,13,24H,4-5,7,9,12H2,1-2H3,(H2,21,28)(H3,22,23,25);3,5-6H2,1-2H3;1-2H3/t13-,20?;;/m1../s1. The monoisotopic (exact) mass is 590 g/mol. The van der Waals surface area contributed by atoms with Crippen LogP contribution < -0.4 is 16.9 Å². The van der Waals surface area contributed by atoms with Crippen LogP contribution in [0.3, 0.4) is 0 Å². The molecule has 1 aromatic rings. The number of allylic oxidation sites excluding steroid dienone is 2. The molecule has 2 atom stereocenters. The maximum atomic E-state index is 11.3. The summed E-state index contributed by atoms with van der Waals surface area (Å²) in [6.07, 6.45) is 6.87. The molecule has 222 valence electrons. The van der Waals surface area contributed by atoms with Gasteiger partial charge in [0.15, 0.2) is 5.84 Å². The minimum atomic E-state index is -0.681. The van der Waals surface area contributed by atoms with Crippen molar-refractivity contribution in [3.63, 3.8) is 0 Å². The van der Waals surface area contributed by atoms with Gasteiger partial charge in [0.25, 0.3) is 5.91 Å². The Bertz CT molecular complexity index is 1060. The van der Waals surface area contributed by atoms with Crippen molar-refractivity contribution in [2.45, 2.75) is 72.8 Å². The summed E-state index contributed by atoms with van der Waals surface area (Å²) < 4.78 is 0. The molecule has 40 heavy (non-hydrogen) atoms. The van der Waals surface area contributed by atoms with Gasteiger partial charge >= 0.3 is 0 Å². The normalized spacial score (nSPS) is 14.8. The molecule has 10 nitrogen and oxygen atoms in total. The summed E-state index contributed by atoms with van der Waals surface area (Å²) in [7, 11) is 1.95. The number of nitrogens with zero attached hydrogens (tertiary/aromatic N) is 4. The first kappa shape index (κ1) is 37.1. The molecular formula is C28H46N8O2S2. The lowest BCUT2D eigenvalue weighted by Crippen LogP contribution is -2.38. The number of carbonyl (C=O) groups is 2. The van der Waals surface area contributed by atoms with Crippen molar-refractivity contribution >= 4 is 41.1 Å². The van der Waals surface area contributed by atoms with Crippen molar-refractivity contribution in [3.05, 3.63) is 43.8 Å². The number of carbonyl (C=O) groups excluding carboxylic acids is 2. The molecule has 6 N–H and O–H groups in total. The number of hydrogen-bond donors (Lipinski definition) is 4. The number of aldehydes is 1. The number of nitrogens with two attached hydrogens (primary N) is 2. The van der Waals surface area contributed by atoms with Crippen LogP contribution in [0.5, 0.6) is 0 Å². The van der Waals surface area contributed by atoms with Crippen LogP contribution in [0.15, 0.2) is 44.4 Å². The van der Waals surface area contributed by atoms with Gasteiger partial charge in [0, 0.05) is 10.9 Å². The molecule has 12 heteroatoms. The second kappa shape index (κ2) is 21.0. The number of rotatable bonds is 14. The van der Waals surface area contributed by atoms with E-state index >= 15 is 0 Å². The molecule has 1 aromatic heterocycles. The predicted molar refractivity (Wildman–Crippen MR) is 167 cm³/mol. The van der Waals surface area contributed by atoms with Crippen molar-refractivity contribution in [3.8, 4) is 6.07 Å². The molecule has 1 aliphatic rings. The summed E-state index contributed by atoms with van der Waals surface area (Å²) in [6, 6.07) is 5.76. The van der Waals surface area contributed by atoms with E-state index in [-0.39, 0.29) is 18.4 Å². The minimum Gasteiger partial charge on any atom is -0.365 e. The highest BCUT2D eigenvalue weighted by Gasteiger charge is 2.38. The van der Waals surface area contributed by atoms with Gasteiger partial charge in [-0.05, 0) is 87.6 Å². The third-order valence-electron chi connectivity index (χ3n) is 6.02. The van der Waals surface area contributed by atoms with Crippen LogP contribution in [0.1, 0.15) is 74.9 Å². The van der Waals surface area contributed by atoms with Crippen LogP contribution in [-0.4, -0.2) is 55.7 Å². The second-order valence-corrected chi connectivity index (χ2v) is 11.4. The Balaban J connectivity index is 0.00000130. The van der Waals surface area contributed by atoms with Gasteiger partial charge in [-0.15, -0.1) is 28.2 Å². The van der Waals surface area contributed by atoms with Gasteiger partial charge in [0.05, 0.1) is 29.5 Å². The van der Waals surface area contributed by atoms with Crippen molar-refractivity contribution in [2.75, 3.05) is 26.7 Å². The summed E-state index contributed by atoms with van der Waals surface area (Å²) in [5.41, 5.74) is 5.78. The smallest absolute Gasteiger partial charge is 0.258 e. The zero-order chi connectivity index (χ0) is 30.6. The number of amides is 1. The fourth-order valence-corrected chi connectivity index (χ4v) is 6.04. The fourth-order valence-electron chi connectivity index (χ4n) is 4.15. The quantitative estimate of drug-likeness (QED) is 0.0424. The lowest BCUT2D eigenvalue weighted by Gasteiger charge is -2.36. The van der Waals surface area contributed by atoms with Gasteiger partial charge in [0.1, 0.15) is 6.29 Å². The molecule has 0 saturated carbocycles. The summed E-state index contributed by atoms with van der Waals surface area (Å²) in [6.45, 7) is 11.9. The summed E-state index contributed by atoms with van der Waals surface area (Å²) in [5.74, 6) is 4.93. The first-order valence-corrected chi connectivity index (χ1v) is 15.2. The van der Waals surface area contributed by atoms with Gasteiger partial charge in [-0.3, -0.25) is 15.1 Å². The molecule has 1 unspecified atom stereocenters. The van der Waals surface area contributed by atoms with Crippen molar-refractivity contribution in [1.82, 2.24) is 10.2 Å². The third kappa shape index (κ3) is 13.0. The molecule has 0 saturated heterocycles. The average molecular weight is 591 g/mol. The Morgan fingerprint density at radius 2 is 2.08 bits per heavy atom. The second-order valence-electron chi connectivity index (χ2n) is 9.20. The highest BCUT2D eigenvalue weighted by molar-refractivity contribution is 8.05. The molecular weight excluding hydrogens is 544 g/mol. The molecule has 0 aliphatic carbocycles. The van der Waals surface area contributed by atoms with E-state index < -0.39 is 11.3 Å². The first-order chi connectivity index (χ1) is 19.1. The SMILES string of the molecule is CC.CCCN(C)CC#N.C[C@H](CC(C)(C(=N)N=NN)C1=C(CCc2ccc(C(N)=O)s2)SC=CC1)NCC=O. The number of aryl methyl sites for hydroxylation is 1. The van der Waals surface area contributed by atoms with Gasteiger partial charge in [-0.25, -0.2) is 0 Å². The van der Waals surface area contributed by atoms with Crippen LogP contribution in [-0.2, 0) is 11.2 Å². The Morgan fingerprint density at radius 3 is 2.62 bits per heavy atom.